The largest absolute Gasteiger partial charge is 0.457 e. The van der Waals surface area contributed by atoms with Crippen LogP contribution in [0.3, 0.4) is 0 Å². The van der Waals surface area contributed by atoms with Gasteiger partial charge >= 0.3 is 0 Å². The van der Waals surface area contributed by atoms with E-state index in [1.165, 1.54) is 0 Å². The highest BCUT2D eigenvalue weighted by Gasteiger charge is 2.05. The average Bonchev–Trinajstić information content (AvgIpc) is 2.43. The topological polar surface area (TPSA) is 64.3 Å². The summed E-state index contributed by atoms with van der Waals surface area (Å²) >= 11 is 0. The number of rotatable bonds is 3. The van der Waals surface area contributed by atoms with Gasteiger partial charge in [-0.25, -0.2) is 5.84 Å². The lowest BCUT2D eigenvalue weighted by atomic mass is 10.1. The molecule has 0 radical (unpaired) electrons. The van der Waals surface area contributed by atoms with Gasteiger partial charge in [0.05, 0.1) is 0 Å². The van der Waals surface area contributed by atoms with Crippen molar-refractivity contribution >= 4 is 5.91 Å². The van der Waals surface area contributed by atoms with E-state index < -0.39 is 0 Å². The molecule has 2 aromatic rings. The molecule has 98 valence electrons. The van der Waals surface area contributed by atoms with Crippen LogP contribution in [0.1, 0.15) is 21.5 Å². The van der Waals surface area contributed by atoms with E-state index in [2.05, 4.69) is 5.43 Å². The first-order valence-corrected chi connectivity index (χ1v) is 5.96. The molecule has 0 saturated heterocycles. The molecule has 0 aliphatic heterocycles. The Hall–Kier alpha value is -2.33. The smallest absolute Gasteiger partial charge is 0.265 e. The highest BCUT2D eigenvalue weighted by Crippen LogP contribution is 2.26. The first kappa shape index (κ1) is 13.1. The molecular formula is C15H16N2O2. The second-order valence-electron chi connectivity index (χ2n) is 4.37. The van der Waals surface area contributed by atoms with Crippen LogP contribution in [0.25, 0.3) is 0 Å². The third-order valence-electron chi connectivity index (χ3n) is 2.82. The lowest BCUT2D eigenvalue weighted by molar-refractivity contribution is 0.0953. The number of nitrogens with one attached hydrogen (secondary N) is 1. The van der Waals surface area contributed by atoms with Crippen LogP contribution >= 0.6 is 0 Å². The van der Waals surface area contributed by atoms with Gasteiger partial charge in [0.1, 0.15) is 11.5 Å². The van der Waals surface area contributed by atoms with Gasteiger partial charge in [0, 0.05) is 5.56 Å². The highest BCUT2D eigenvalue weighted by atomic mass is 16.5. The molecule has 19 heavy (non-hydrogen) atoms. The van der Waals surface area contributed by atoms with E-state index in [0.29, 0.717) is 11.3 Å². The van der Waals surface area contributed by atoms with Gasteiger partial charge in [-0.2, -0.15) is 0 Å². The summed E-state index contributed by atoms with van der Waals surface area (Å²) in [6.07, 6.45) is 0. The molecule has 0 aromatic heterocycles. The van der Waals surface area contributed by atoms with Crippen molar-refractivity contribution in [1.82, 2.24) is 5.43 Å². The van der Waals surface area contributed by atoms with Crippen molar-refractivity contribution < 1.29 is 9.53 Å². The van der Waals surface area contributed by atoms with Gasteiger partial charge in [0.25, 0.3) is 5.91 Å². The summed E-state index contributed by atoms with van der Waals surface area (Å²) in [5, 5.41) is 0. The van der Waals surface area contributed by atoms with Crippen molar-refractivity contribution in [2.45, 2.75) is 13.8 Å². The Balaban J connectivity index is 2.19. The maximum Gasteiger partial charge on any atom is 0.265 e. The average molecular weight is 256 g/mol. The zero-order chi connectivity index (χ0) is 13.8. The molecule has 4 heteroatoms. The van der Waals surface area contributed by atoms with Crippen LogP contribution in [0.5, 0.6) is 11.5 Å². The molecule has 2 rings (SSSR count). The van der Waals surface area contributed by atoms with Crippen LogP contribution in [0.4, 0.5) is 0 Å². The van der Waals surface area contributed by atoms with Crippen molar-refractivity contribution in [2.24, 2.45) is 5.84 Å². The first-order valence-electron chi connectivity index (χ1n) is 5.96. The van der Waals surface area contributed by atoms with Crippen LogP contribution in [-0.4, -0.2) is 5.91 Å². The fourth-order valence-corrected chi connectivity index (χ4v) is 1.70. The third kappa shape index (κ3) is 3.11. The second-order valence-corrected chi connectivity index (χ2v) is 4.37. The maximum absolute atomic E-state index is 11.3. The van der Waals surface area contributed by atoms with Crippen molar-refractivity contribution in [3.8, 4) is 11.5 Å². The van der Waals surface area contributed by atoms with Gasteiger partial charge in [-0.3, -0.25) is 10.2 Å². The second kappa shape index (κ2) is 5.54. The van der Waals surface area contributed by atoms with E-state index in [1.54, 1.807) is 24.3 Å². The number of nitrogens with two attached hydrogens (primary N) is 1. The predicted molar refractivity (Wildman–Crippen MR) is 74.1 cm³/mol. The Labute approximate surface area is 112 Å². The van der Waals surface area contributed by atoms with Crippen molar-refractivity contribution in [3.63, 3.8) is 0 Å². The Bertz CT molecular complexity index is 592. The lowest BCUT2D eigenvalue weighted by Crippen LogP contribution is -2.29. The molecule has 0 unspecified atom stereocenters. The lowest BCUT2D eigenvalue weighted by Gasteiger charge is -2.10. The summed E-state index contributed by atoms with van der Waals surface area (Å²) < 4.78 is 5.80. The number of hydrogen-bond acceptors (Lipinski definition) is 3. The molecule has 0 aliphatic carbocycles. The van der Waals surface area contributed by atoms with Gasteiger partial charge in [-0.15, -0.1) is 0 Å². The number of ether oxygens (including phenoxy) is 1. The fraction of sp³-hybridized carbons (Fsp3) is 0.133. The summed E-state index contributed by atoms with van der Waals surface area (Å²) in [5.41, 5.74) is 4.79. The van der Waals surface area contributed by atoms with E-state index in [9.17, 15) is 4.79 Å². The number of hydrogen-bond donors (Lipinski definition) is 2. The third-order valence-corrected chi connectivity index (χ3v) is 2.82. The van der Waals surface area contributed by atoms with Crippen molar-refractivity contribution in [1.29, 1.82) is 0 Å². The molecule has 0 heterocycles. The van der Waals surface area contributed by atoms with Crippen molar-refractivity contribution in [3.05, 3.63) is 59.2 Å². The molecule has 0 spiro atoms. The molecule has 4 nitrogen and oxygen atoms in total. The molecular weight excluding hydrogens is 240 g/mol. The van der Waals surface area contributed by atoms with Gasteiger partial charge in [0.15, 0.2) is 0 Å². The number of hydrazine groups is 1. The molecule has 2 aromatic carbocycles. The monoisotopic (exact) mass is 256 g/mol. The van der Waals surface area contributed by atoms with E-state index in [0.717, 1.165) is 16.9 Å². The normalized spacial score (nSPS) is 10.1. The minimum absolute atomic E-state index is 0.321. The van der Waals surface area contributed by atoms with Crippen molar-refractivity contribution in [2.75, 3.05) is 0 Å². The summed E-state index contributed by atoms with van der Waals surface area (Å²) in [4.78, 5) is 11.3. The molecule has 0 saturated carbocycles. The van der Waals surface area contributed by atoms with E-state index in [1.807, 2.05) is 32.0 Å². The zero-order valence-electron chi connectivity index (χ0n) is 10.9. The Kier molecular flexibility index (Phi) is 3.82. The molecule has 0 atom stereocenters. The minimum atomic E-state index is -0.321. The van der Waals surface area contributed by atoms with Crippen LogP contribution < -0.4 is 16.0 Å². The molecule has 0 bridgehead atoms. The number of carbonyl (C=O) groups is 1. The molecule has 1 amide bonds. The first-order chi connectivity index (χ1) is 9.10. The van der Waals surface area contributed by atoms with Crippen LogP contribution in [0, 0.1) is 13.8 Å². The fourth-order valence-electron chi connectivity index (χ4n) is 1.70. The van der Waals surface area contributed by atoms with Gasteiger partial charge < -0.3 is 4.74 Å². The van der Waals surface area contributed by atoms with Crippen LogP contribution in [0.2, 0.25) is 0 Å². The Morgan fingerprint density at radius 3 is 2.42 bits per heavy atom. The van der Waals surface area contributed by atoms with Gasteiger partial charge in [-0.1, -0.05) is 12.1 Å². The summed E-state index contributed by atoms with van der Waals surface area (Å²) in [5.74, 6) is 6.25. The van der Waals surface area contributed by atoms with E-state index >= 15 is 0 Å². The number of benzene rings is 2. The molecule has 0 aliphatic rings. The Morgan fingerprint density at radius 1 is 1.11 bits per heavy atom. The van der Waals surface area contributed by atoms with E-state index in [-0.39, 0.29) is 5.91 Å². The maximum atomic E-state index is 11.3. The Morgan fingerprint density at radius 2 is 1.79 bits per heavy atom. The van der Waals surface area contributed by atoms with E-state index in [4.69, 9.17) is 10.6 Å². The minimum Gasteiger partial charge on any atom is -0.457 e. The highest BCUT2D eigenvalue weighted by molar-refractivity contribution is 5.93. The number of carbonyl (C=O) groups excluding carboxylic acids is 1. The number of nitrogen functional groups attached to an aromatic ring is 1. The van der Waals surface area contributed by atoms with Crippen LogP contribution in [0.15, 0.2) is 42.5 Å². The summed E-state index contributed by atoms with van der Waals surface area (Å²) in [6, 6.07) is 12.9. The summed E-state index contributed by atoms with van der Waals surface area (Å²) in [6.45, 7) is 4.01. The van der Waals surface area contributed by atoms with Crippen LogP contribution in [-0.2, 0) is 0 Å². The molecule has 0 fully saturated rings. The molecule has 3 N–H and O–H groups in total. The summed E-state index contributed by atoms with van der Waals surface area (Å²) in [7, 11) is 0. The zero-order valence-corrected chi connectivity index (χ0v) is 10.9. The SMILES string of the molecule is Cc1ccc(C)c(Oc2ccc(C(=O)NN)cc2)c1. The quantitative estimate of drug-likeness (QED) is 0.504. The van der Waals surface area contributed by atoms with Gasteiger partial charge in [0.2, 0.25) is 0 Å². The standard InChI is InChI=1S/C15H16N2O2/c1-10-3-4-11(2)14(9-10)19-13-7-5-12(6-8-13)15(18)17-16/h3-9H,16H2,1-2H3,(H,17,18). The van der Waals surface area contributed by atoms with Gasteiger partial charge in [-0.05, 0) is 55.3 Å². The number of amides is 1. The predicted octanol–water partition coefficient (Wildman–Crippen LogP) is 2.70. The number of aryl methyl sites for hydroxylation is 2.